The quantitative estimate of drug-likeness (QED) is 0.831. The first-order valence-electron chi connectivity index (χ1n) is 6.24. The number of hydrogen-bond donors (Lipinski definition) is 2. The lowest BCUT2D eigenvalue weighted by molar-refractivity contribution is -0.117. The molecule has 102 valence electrons. The van der Waals surface area contributed by atoms with E-state index >= 15 is 0 Å². The molecule has 1 atom stereocenters. The van der Waals surface area contributed by atoms with Gasteiger partial charge in [-0.1, -0.05) is 53.5 Å². The molecule has 0 saturated heterocycles. The Bertz CT molecular complexity index is 658. The topological polar surface area (TPSA) is 41.1 Å². The van der Waals surface area contributed by atoms with Crippen LogP contribution in [0.1, 0.15) is 11.5 Å². The van der Waals surface area contributed by atoms with Gasteiger partial charge >= 0.3 is 0 Å². The largest absolute Gasteiger partial charge is 0.382 e. The highest BCUT2D eigenvalue weighted by atomic mass is 35.5. The SMILES string of the molecule is O=C1Nc2cc(Cl)c(Cl)cc2NCC1c1ccccc1. The van der Waals surface area contributed by atoms with Gasteiger partial charge in [-0.3, -0.25) is 4.79 Å². The molecule has 0 aliphatic carbocycles. The van der Waals surface area contributed by atoms with Gasteiger partial charge in [0.05, 0.1) is 27.3 Å². The van der Waals surface area contributed by atoms with Crippen molar-refractivity contribution in [2.24, 2.45) is 0 Å². The third kappa shape index (κ3) is 2.47. The summed E-state index contributed by atoms with van der Waals surface area (Å²) in [5.74, 6) is -0.304. The Kier molecular flexibility index (Phi) is 3.55. The van der Waals surface area contributed by atoms with Crippen LogP contribution in [0.5, 0.6) is 0 Å². The second-order valence-corrected chi connectivity index (χ2v) is 5.46. The van der Waals surface area contributed by atoms with E-state index in [9.17, 15) is 4.79 Å². The van der Waals surface area contributed by atoms with Crippen LogP contribution in [0.3, 0.4) is 0 Å². The maximum absolute atomic E-state index is 12.3. The summed E-state index contributed by atoms with van der Waals surface area (Å²) in [6, 6.07) is 13.1. The van der Waals surface area contributed by atoms with Crippen molar-refractivity contribution in [1.82, 2.24) is 0 Å². The molecule has 0 saturated carbocycles. The van der Waals surface area contributed by atoms with E-state index < -0.39 is 0 Å². The number of carbonyl (C=O) groups excluding carboxylic acids is 1. The van der Waals surface area contributed by atoms with Gasteiger partial charge in [-0.15, -0.1) is 0 Å². The van der Waals surface area contributed by atoms with Crippen LogP contribution < -0.4 is 10.6 Å². The zero-order valence-corrected chi connectivity index (χ0v) is 12.0. The zero-order chi connectivity index (χ0) is 14.1. The predicted octanol–water partition coefficient (Wildman–Crippen LogP) is 4.14. The van der Waals surface area contributed by atoms with Crippen LogP contribution in [0.4, 0.5) is 11.4 Å². The lowest BCUT2D eigenvalue weighted by Gasteiger charge is -2.13. The van der Waals surface area contributed by atoms with Crippen molar-refractivity contribution in [3.8, 4) is 0 Å². The van der Waals surface area contributed by atoms with Crippen LogP contribution >= 0.6 is 23.2 Å². The molecule has 20 heavy (non-hydrogen) atoms. The first-order valence-corrected chi connectivity index (χ1v) is 6.99. The zero-order valence-electron chi connectivity index (χ0n) is 10.5. The number of rotatable bonds is 1. The predicted molar refractivity (Wildman–Crippen MR) is 82.8 cm³/mol. The van der Waals surface area contributed by atoms with Crippen molar-refractivity contribution in [1.29, 1.82) is 0 Å². The maximum atomic E-state index is 12.3. The summed E-state index contributed by atoms with van der Waals surface area (Å²) in [4.78, 5) is 12.3. The highest BCUT2D eigenvalue weighted by Crippen LogP contribution is 2.35. The van der Waals surface area contributed by atoms with Crippen LogP contribution in [0.25, 0.3) is 0 Å². The van der Waals surface area contributed by atoms with Crippen LogP contribution in [0.15, 0.2) is 42.5 Å². The Hall–Kier alpha value is -1.71. The molecule has 3 nitrogen and oxygen atoms in total. The summed E-state index contributed by atoms with van der Waals surface area (Å²) in [7, 11) is 0. The molecule has 2 aromatic rings. The molecule has 1 amide bonds. The maximum Gasteiger partial charge on any atom is 0.233 e. The van der Waals surface area contributed by atoms with Crippen LogP contribution in [0, 0.1) is 0 Å². The molecule has 2 N–H and O–H groups in total. The first kappa shape index (κ1) is 13.3. The molecule has 5 heteroatoms. The normalized spacial score (nSPS) is 17.7. The summed E-state index contributed by atoms with van der Waals surface area (Å²) in [5.41, 5.74) is 2.41. The number of hydrogen-bond acceptors (Lipinski definition) is 2. The summed E-state index contributed by atoms with van der Waals surface area (Å²) >= 11 is 12.0. The minimum Gasteiger partial charge on any atom is -0.382 e. The van der Waals surface area contributed by atoms with Crippen molar-refractivity contribution >= 4 is 40.5 Å². The Morgan fingerprint density at radius 1 is 1.00 bits per heavy atom. The summed E-state index contributed by atoms with van der Waals surface area (Å²) in [6.45, 7) is 0.515. The molecule has 1 heterocycles. The van der Waals surface area contributed by atoms with Gasteiger partial charge in [0.15, 0.2) is 0 Å². The van der Waals surface area contributed by atoms with Crippen molar-refractivity contribution < 1.29 is 4.79 Å². The molecule has 2 aromatic carbocycles. The molecule has 1 aliphatic heterocycles. The van der Waals surface area contributed by atoms with Crippen molar-refractivity contribution in [3.63, 3.8) is 0 Å². The second-order valence-electron chi connectivity index (χ2n) is 4.65. The first-order chi connectivity index (χ1) is 9.65. The van der Waals surface area contributed by atoms with Crippen LogP contribution in [0.2, 0.25) is 10.0 Å². The average Bonchev–Trinajstić information content (AvgIpc) is 2.59. The number of fused-ring (bicyclic) bond motifs is 1. The Morgan fingerprint density at radius 2 is 1.65 bits per heavy atom. The third-order valence-corrected chi connectivity index (χ3v) is 4.06. The molecule has 0 aromatic heterocycles. The highest BCUT2D eigenvalue weighted by Gasteiger charge is 2.25. The molecule has 0 spiro atoms. The minimum atomic E-state index is -0.249. The standard InChI is InChI=1S/C15H12Cl2N2O/c16-11-6-13-14(7-12(11)17)19-15(20)10(8-18-13)9-4-2-1-3-5-9/h1-7,10,18H,8H2,(H,19,20). The van der Waals surface area contributed by atoms with Gasteiger partial charge in [0.25, 0.3) is 0 Å². The Balaban J connectivity index is 1.95. The van der Waals surface area contributed by atoms with E-state index in [0.29, 0.717) is 22.3 Å². The molecule has 0 radical (unpaired) electrons. The number of nitrogens with one attached hydrogen (secondary N) is 2. The minimum absolute atomic E-state index is 0.0548. The van der Waals surface area contributed by atoms with Gasteiger partial charge in [0, 0.05) is 6.54 Å². The molecule has 3 rings (SSSR count). The van der Waals surface area contributed by atoms with Gasteiger partial charge in [-0.05, 0) is 17.7 Å². The number of carbonyl (C=O) groups is 1. The van der Waals surface area contributed by atoms with E-state index in [0.717, 1.165) is 11.3 Å². The molecule has 1 aliphatic rings. The molecule has 0 fully saturated rings. The number of halogens is 2. The summed E-state index contributed by atoms with van der Waals surface area (Å²) < 4.78 is 0. The number of anilines is 2. The van der Waals surface area contributed by atoms with E-state index in [-0.39, 0.29) is 11.8 Å². The van der Waals surface area contributed by atoms with E-state index in [1.807, 2.05) is 30.3 Å². The number of benzene rings is 2. The molecule has 1 unspecified atom stereocenters. The van der Waals surface area contributed by atoms with Gasteiger partial charge in [-0.2, -0.15) is 0 Å². The van der Waals surface area contributed by atoms with Crippen molar-refractivity contribution in [2.45, 2.75) is 5.92 Å². The van der Waals surface area contributed by atoms with E-state index in [2.05, 4.69) is 10.6 Å². The fourth-order valence-corrected chi connectivity index (χ4v) is 2.60. The van der Waals surface area contributed by atoms with Crippen LogP contribution in [-0.2, 0) is 4.79 Å². The van der Waals surface area contributed by atoms with Gasteiger partial charge in [-0.25, -0.2) is 0 Å². The van der Waals surface area contributed by atoms with Crippen molar-refractivity contribution in [2.75, 3.05) is 17.2 Å². The average molecular weight is 307 g/mol. The van der Waals surface area contributed by atoms with E-state index in [1.165, 1.54) is 0 Å². The van der Waals surface area contributed by atoms with Gasteiger partial charge < -0.3 is 10.6 Å². The Morgan fingerprint density at radius 3 is 2.35 bits per heavy atom. The lowest BCUT2D eigenvalue weighted by Crippen LogP contribution is -2.23. The van der Waals surface area contributed by atoms with E-state index in [1.54, 1.807) is 12.1 Å². The fraction of sp³-hybridized carbons (Fsp3) is 0.133. The second kappa shape index (κ2) is 5.35. The van der Waals surface area contributed by atoms with E-state index in [4.69, 9.17) is 23.2 Å². The van der Waals surface area contributed by atoms with Crippen LogP contribution in [-0.4, -0.2) is 12.5 Å². The Labute approximate surface area is 126 Å². The molecular weight excluding hydrogens is 295 g/mol. The summed E-state index contributed by atoms with van der Waals surface area (Å²) in [6.07, 6.45) is 0. The van der Waals surface area contributed by atoms with Crippen molar-refractivity contribution in [3.05, 3.63) is 58.1 Å². The third-order valence-electron chi connectivity index (χ3n) is 3.33. The van der Waals surface area contributed by atoms with Gasteiger partial charge in [0.2, 0.25) is 5.91 Å². The number of amides is 1. The highest BCUT2D eigenvalue weighted by molar-refractivity contribution is 6.42. The summed E-state index contributed by atoms with van der Waals surface area (Å²) in [5, 5.41) is 7.03. The monoisotopic (exact) mass is 306 g/mol. The molecule has 0 bridgehead atoms. The lowest BCUT2D eigenvalue weighted by atomic mass is 9.98. The smallest absolute Gasteiger partial charge is 0.233 e. The fourth-order valence-electron chi connectivity index (χ4n) is 2.28. The molecular formula is C15H12Cl2N2O. The van der Waals surface area contributed by atoms with Gasteiger partial charge in [0.1, 0.15) is 0 Å².